The molecular formula is C31H66. The summed E-state index contributed by atoms with van der Waals surface area (Å²) in [6, 6.07) is 0. The Kier molecular flexibility index (Phi) is 16.9. The van der Waals surface area contributed by atoms with Gasteiger partial charge in [0.15, 0.2) is 0 Å². The molecule has 0 aromatic carbocycles. The number of rotatable bonds is 7. The van der Waals surface area contributed by atoms with E-state index in [0.717, 1.165) is 23.7 Å². The minimum atomic E-state index is 0.532. The van der Waals surface area contributed by atoms with Gasteiger partial charge in [-0.15, -0.1) is 0 Å². The van der Waals surface area contributed by atoms with E-state index >= 15 is 0 Å². The maximum Gasteiger partial charge on any atom is -0.0244 e. The van der Waals surface area contributed by atoms with Crippen LogP contribution in [0.25, 0.3) is 0 Å². The summed E-state index contributed by atoms with van der Waals surface area (Å²) < 4.78 is 0. The van der Waals surface area contributed by atoms with Crippen molar-refractivity contribution in [2.45, 2.75) is 161 Å². The highest BCUT2D eigenvalue weighted by Gasteiger charge is 2.56. The molecule has 0 spiro atoms. The largest absolute Gasteiger partial charge is 0.0683 e. The van der Waals surface area contributed by atoms with E-state index in [4.69, 9.17) is 0 Å². The Bertz CT molecular complexity index is 418. The third-order valence-corrected chi connectivity index (χ3v) is 9.08. The Hall–Kier alpha value is 0. The molecule has 0 bridgehead atoms. The first kappa shape index (κ1) is 33.2. The molecule has 2 fully saturated rings. The normalized spacial score (nSPS) is 29.8. The fraction of sp³-hybridized carbons (Fsp3) is 1.00. The van der Waals surface area contributed by atoms with Gasteiger partial charge in [0.25, 0.3) is 0 Å². The summed E-state index contributed by atoms with van der Waals surface area (Å²) >= 11 is 0. The van der Waals surface area contributed by atoms with E-state index in [0.29, 0.717) is 16.2 Å². The lowest BCUT2D eigenvalue weighted by Gasteiger charge is -2.57. The molecule has 190 valence electrons. The van der Waals surface area contributed by atoms with Crippen molar-refractivity contribution < 1.29 is 0 Å². The summed E-state index contributed by atoms with van der Waals surface area (Å²) in [6.45, 7) is 32.4. The van der Waals surface area contributed by atoms with E-state index in [9.17, 15) is 0 Å². The van der Waals surface area contributed by atoms with E-state index in [1.165, 1.54) is 64.2 Å². The van der Waals surface area contributed by atoms with Gasteiger partial charge in [-0.25, -0.2) is 0 Å². The van der Waals surface area contributed by atoms with Crippen LogP contribution in [0.1, 0.15) is 161 Å². The van der Waals surface area contributed by atoms with Crippen LogP contribution in [0.3, 0.4) is 0 Å². The van der Waals surface area contributed by atoms with Crippen molar-refractivity contribution in [3.05, 3.63) is 0 Å². The Balaban J connectivity index is 0. The maximum absolute atomic E-state index is 2.62. The summed E-state index contributed by atoms with van der Waals surface area (Å²) in [4.78, 5) is 0. The molecule has 2 aliphatic rings. The highest BCUT2D eigenvalue weighted by atomic mass is 14.6. The fourth-order valence-electron chi connectivity index (χ4n) is 6.36. The topological polar surface area (TPSA) is 0 Å². The smallest absolute Gasteiger partial charge is 0.0244 e. The van der Waals surface area contributed by atoms with Gasteiger partial charge < -0.3 is 0 Å². The van der Waals surface area contributed by atoms with E-state index in [-0.39, 0.29) is 0 Å². The second kappa shape index (κ2) is 15.8. The molecule has 31 heavy (non-hydrogen) atoms. The Morgan fingerprint density at radius 2 is 1.45 bits per heavy atom. The standard InChI is InChI=1S/C24H46.C3H8.2C2H6/c1-9-22(4,5)15-11-10-13-18(2)20-17-23(6,7)24(8)16-12-14-21(24)19(20)3;1-3-2;2*1-2/h18-21H,9-17H2,1-8H3;3H2,1-2H3;2*1-2H3. The maximum atomic E-state index is 2.62. The van der Waals surface area contributed by atoms with Gasteiger partial charge in [0, 0.05) is 0 Å². The average Bonchev–Trinajstić information content (AvgIpc) is 3.16. The minimum Gasteiger partial charge on any atom is -0.0683 e. The fourth-order valence-corrected chi connectivity index (χ4v) is 6.36. The molecule has 5 atom stereocenters. The molecule has 0 N–H and O–H groups in total. The summed E-state index contributed by atoms with van der Waals surface area (Å²) in [5.74, 6) is 3.78. The molecule has 0 amide bonds. The molecule has 5 unspecified atom stereocenters. The summed E-state index contributed by atoms with van der Waals surface area (Å²) in [7, 11) is 0. The number of hydrogen-bond acceptors (Lipinski definition) is 0. The molecule has 2 saturated carbocycles. The van der Waals surface area contributed by atoms with Gasteiger partial charge in [-0.05, 0) is 65.6 Å². The van der Waals surface area contributed by atoms with Crippen LogP contribution in [0.5, 0.6) is 0 Å². The Morgan fingerprint density at radius 3 is 1.94 bits per heavy atom. The third kappa shape index (κ3) is 9.41. The number of hydrogen-bond donors (Lipinski definition) is 0. The van der Waals surface area contributed by atoms with E-state index < -0.39 is 0 Å². The van der Waals surface area contributed by atoms with Crippen LogP contribution >= 0.6 is 0 Å². The molecular weight excluding hydrogens is 372 g/mol. The van der Waals surface area contributed by atoms with Crippen LogP contribution in [-0.2, 0) is 0 Å². The molecule has 0 nitrogen and oxygen atoms in total. The molecule has 2 rings (SSSR count). The van der Waals surface area contributed by atoms with Gasteiger partial charge in [0.1, 0.15) is 0 Å². The Labute approximate surface area is 201 Å². The highest BCUT2D eigenvalue weighted by molar-refractivity contribution is 5.06. The van der Waals surface area contributed by atoms with Gasteiger partial charge in [-0.2, -0.15) is 0 Å². The van der Waals surface area contributed by atoms with Crippen molar-refractivity contribution in [2.24, 2.45) is 39.9 Å². The van der Waals surface area contributed by atoms with Crippen LogP contribution in [0.4, 0.5) is 0 Å². The lowest BCUT2D eigenvalue weighted by molar-refractivity contribution is -0.0811. The first-order valence-corrected chi connectivity index (χ1v) is 14.5. The monoisotopic (exact) mass is 439 g/mol. The SMILES string of the molecule is CC.CC.CCC.CCC(C)(C)CCCCC(C)C1CC(C)(C)C2(C)CCCC2C1C. The molecule has 0 heterocycles. The van der Waals surface area contributed by atoms with Crippen molar-refractivity contribution in [3.63, 3.8) is 0 Å². The van der Waals surface area contributed by atoms with Crippen molar-refractivity contribution in [3.8, 4) is 0 Å². The van der Waals surface area contributed by atoms with Crippen molar-refractivity contribution in [2.75, 3.05) is 0 Å². The first-order chi connectivity index (χ1) is 14.5. The zero-order valence-corrected chi connectivity index (χ0v) is 24.9. The summed E-state index contributed by atoms with van der Waals surface area (Å²) in [6.07, 6.45) is 14.2. The van der Waals surface area contributed by atoms with E-state index in [1.807, 2.05) is 27.7 Å². The Morgan fingerprint density at radius 1 is 0.935 bits per heavy atom. The van der Waals surface area contributed by atoms with Gasteiger partial charge in [0.2, 0.25) is 0 Å². The van der Waals surface area contributed by atoms with Crippen molar-refractivity contribution in [1.29, 1.82) is 0 Å². The van der Waals surface area contributed by atoms with Crippen LogP contribution < -0.4 is 0 Å². The predicted octanol–water partition coefficient (Wildman–Crippen LogP) is 11.6. The van der Waals surface area contributed by atoms with Crippen molar-refractivity contribution in [1.82, 2.24) is 0 Å². The third-order valence-electron chi connectivity index (χ3n) is 9.08. The van der Waals surface area contributed by atoms with Gasteiger partial charge in [0.05, 0.1) is 0 Å². The van der Waals surface area contributed by atoms with E-state index in [1.54, 1.807) is 0 Å². The molecule has 0 aromatic rings. The first-order valence-electron chi connectivity index (χ1n) is 14.5. The minimum absolute atomic E-state index is 0.532. The lowest BCUT2D eigenvalue weighted by Crippen LogP contribution is -2.50. The summed E-state index contributed by atoms with van der Waals surface area (Å²) in [5, 5.41) is 0. The predicted molar refractivity (Wildman–Crippen MR) is 147 cm³/mol. The molecule has 0 aromatic heterocycles. The van der Waals surface area contributed by atoms with Crippen molar-refractivity contribution >= 4 is 0 Å². The lowest BCUT2D eigenvalue weighted by atomic mass is 9.48. The van der Waals surface area contributed by atoms with Crippen LogP contribution in [0.15, 0.2) is 0 Å². The van der Waals surface area contributed by atoms with Crippen LogP contribution in [0, 0.1) is 39.9 Å². The van der Waals surface area contributed by atoms with Crippen LogP contribution in [0.2, 0.25) is 0 Å². The second-order valence-electron chi connectivity index (χ2n) is 12.0. The highest BCUT2D eigenvalue weighted by Crippen LogP contribution is 2.65. The molecule has 0 heteroatoms. The number of fused-ring (bicyclic) bond motifs is 1. The average molecular weight is 439 g/mol. The van der Waals surface area contributed by atoms with Crippen LogP contribution in [-0.4, -0.2) is 0 Å². The second-order valence-corrected chi connectivity index (χ2v) is 12.0. The summed E-state index contributed by atoms with van der Waals surface area (Å²) in [5.41, 5.74) is 1.69. The van der Waals surface area contributed by atoms with Gasteiger partial charge >= 0.3 is 0 Å². The van der Waals surface area contributed by atoms with E-state index in [2.05, 4.69) is 69.2 Å². The number of unbranched alkanes of at least 4 members (excludes halogenated alkanes) is 1. The zero-order valence-electron chi connectivity index (χ0n) is 24.9. The molecule has 0 saturated heterocycles. The molecule has 0 aliphatic heterocycles. The molecule has 0 radical (unpaired) electrons. The quantitative estimate of drug-likeness (QED) is 0.346. The molecule has 2 aliphatic carbocycles. The zero-order chi connectivity index (χ0) is 24.9. The van der Waals surface area contributed by atoms with Gasteiger partial charge in [-0.3, -0.25) is 0 Å². The van der Waals surface area contributed by atoms with Gasteiger partial charge in [-0.1, -0.05) is 135 Å².